The number of aliphatic hydroxyl groups is 1. The average Bonchev–Trinajstić information content (AvgIpc) is 2.89. The van der Waals surface area contributed by atoms with Crippen molar-refractivity contribution in [1.29, 1.82) is 0 Å². The van der Waals surface area contributed by atoms with Gasteiger partial charge in [-0.25, -0.2) is 8.78 Å². The summed E-state index contributed by atoms with van der Waals surface area (Å²) in [7, 11) is 1.35. The molecule has 2 aromatic carbocycles. The maximum absolute atomic E-state index is 14.9. The van der Waals surface area contributed by atoms with Crippen LogP contribution in [0.25, 0.3) is 16.7 Å². The van der Waals surface area contributed by atoms with Gasteiger partial charge in [-0.15, -0.1) is 12.3 Å². The maximum Gasteiger partial charge on any atom is 0.171 e. The van der Waals surface area contributed by atoms with Crippen molar-refractivity contribution in [3.05, 3.63) is 59.4 Å². The summed E-state index contributed by atoms with van der Waals surface area (Å²) < 4.78 is 33.2. The van der Waals surface area contributed by atoms with Crippen molar-refractivity contribution < 1.29 is 23.4 Å². The van der Waals surface area contributed by atoms with E-state index in [-0.39, 0.29) is 35.5 Å². The van der Waals surface area contributed by atoms with E-state index in [0.29, 0.717) is 11.1 Å². The Balaban J connectivity index is 2.09. The molecule has 0 aliphatic heterocycles. The van der Waals surface area contributed by atoms with Gasteiger partial charge in [0.1, 0.15) is 23.1 Å². The zero-order valence-electron chi connectivity index (χ0n) is 14.1. The fraction of sp³-hybridized carbons (Fsp3) is 0.190. The molecule has 1 unspecified atom stereocenters. The molecule has 2 aromatic rings. The molecule has 132 valence electrons. The Morgan fingerprint density at radius 2 is 1.92 bits per heavy atom. The third-order valence-corrected chi connectivity index (χ3v) is 4.41. The van der Waals surface area contributed by atoms with Crippen molar-refractivity contribution in [3.8, 4) is 29.2 Å². The Hall–Kier alpha value is -3.13. The molecule has 1 N–H and O–H groups in total. The van der Waals surface area contributed by atoms with E-state index in [1.807, 2.05) is 0 Å². The van der Waals surface area contributed by atoms with Crippen LogP contribution in [0.5, 0.6) is 5.75 Å². The fourth-order valence-electron chi connectivity index (χ4n) is 3.14. The Kier molecular flexibility index (Phi) is 4.77. The zero-order valence-corrected chi connectivity index (χ0v) is 14.1. The number of allylic oxidation sites excluding steroid dienone is 2. The molecular formula is C21H16F2O3. The van der Waals surface area contributed by atoms with E-state index in [1.165, 1.54) is 37.4 Å². The molecule has 5 heteroatoms. The number of hydrogen-bond donors (Lipinski definition) is 1. The van der Waals surface area contributed by atoms with Crippen molar-refractivity contribution in [2.45, 2.75) is 12.8 Å². The molecule has 0 saturated heterocycles. The fourth-order valence-corrected chi connectivity index (χ4v) is 3.14. The van der Waals surface area contributed by atoms with Crippen LogP contribution in [0.1, 0.15) is 18.4 Å². The minimum atomic E-state index is -0.708. The minimum Gasteiger partial charge on any atom is -0.512 e. The number of carbonyl (C=O) groups excluding carboxylic acids is 1. The first-order valence-corrected chi connectivity index (χ1v) is 8.00. The SMILES string of the molecule is C#CCC1CC(O)=C(c2c(F)cc(-c3ccc(F)cc3)cc2OC)C1=O. The van der Waals surface area contributed by atoms with Gasteiger partial charge in [-0.2, -0.15) is 0 Å². The molecule has 1 atom stereocenters. The molecule has 0 radical (unpaired) electrons. The number of rotatable bonds is 4. The second-order valence-electron chi connectivity index (χ2n) is 6.04. The Labute approximate surface area is 149 Å². The number of benzene rings is 2. The monoisotopic (exact) mass is 354 g/mol. The molecule has 1 aliphatic rings. The van der Waals surface area contributed by atoms with Gasteiger partial charge in [0.05, 0.1) is 18.2 Å². The molecule has 26 heavy (non-hydrogen) atoms. The summed E-state index contributed by atoms with van der Waals surface area (Å²) in [4.78, 5) is 12.5. The van der Waals surface area contributed by atoms with Gasteiger partial charge in [0, 0.05) is 18.8 Å². The zero-order chi connectivity index (χ0) is 18.8. The Morgan fingerprint density at radius 3 is 2.54 bits per heavy atom. The molecule has 0 fully saturated rings. The van der Waals surface area contributed by atoms with Crippen molar-refractivity contribution in [1.82, 2.24) is 0 Å². The highest BCUT2D eigenvalue weighted by Crippen LogP contribution is 2.41. The van der Waals surface area contributed by atoms with Crippen LogP contribution in [-0.4, -0.2) is 18.0 Å². The summed E-state index contributed by atoms with van der Waals surface area (Å²) in [6.07, 6.45) is 5.51. The lowest BCUT2D eigenvalue weighted by molar-refractivity contribution is -0.116. The Bertz CT molecular complexity index is 937. The van der Waals surface area contributed by atoms with Gasteiger partial charge in [0.15, 0.2) is 5.78 Å². The van der Waals surface area contributed by atoms with Crippen LogP contribution in [0.4, 0.5) is 8.78 Å². The highest BCUT2D eigenvalue weighted by Gasteiger charge is 2.36. The molecule has 0 saturated carbocycles. The quantitative estimate of drug-likeness (QED) is 0.821. The topological polar surface area (TPSA) is 46.5 Å². The number of halogens is 2. The first kappa shape index (κ1) is 17.7. The molecule has 0 amide bonds. The summed E-state index contributed by atoms with van der Waals surface area (Å²) in [5, 5.41) is 10.2. The molecule has 0 aromatic heterocycles. The molecule has 3 rings (SSSR count). The van der Waals surface area contributed by atoms with Gasteiger partial charge in [-0.1, -0.05) is 12.1 Å². The van der Waals surface area contributed by atoms with Crippen molar-refractivity contribution in [3.63, 3.8) is 0 Å². The second kappa shape index (κ2) is 7.01. The van der Waals surface area contributed by atoms with Gasteiger partial charge in [0.2, 0.25) is 0 Å². The Morgan fingerprint density at radius 1 is 1.23 bits per heavy atom. The summed E-state index contributed by atoms with van der Waals surface area (Å²) in [5.74, 6) is 0.253. The second-order valence-corrected chi connectivity index (χ2v) is 6.04. The number of Topliss-reactive ketones (excluding diaryl/α,β-unsaturated/α-hetero) is 1. The van der Waals surface area contributed by atoms with Gasteiger partial charge in [-0.05, 0) is 35.4 Å². The van der Waals surface area contributed by atoms with E-state index in [0.717, 1.165) is 0 Å². The lowest BCUT2D eigenvalue weighted by Crippen LogP contribution is -2.10. The number of ether oxygens (including phenoxy) is 1. The van der Waals surface area contributed by atoms with E-state index < -0.39 is 23.3 Å². The third-order valence-electron chi connectivity index (χ3n) is 4.41. The number of ketones is 1. The molecule has 0 spiro atoms. The van der Waals surface area contributed by atoms with Crippen molar-refractivity contribution in [2.75, 3.05) is 7.11 Å². The third kappa shape index (κ3) is 3.06. The van der Waals surface area contributed by atoms with E-state index in [9.17, 15) is 18.7 Å². The van der Waals surface area contributed by atoms with Crippen LogP contribution in [0.3, 0.4) is 0 Å². The first-order chi connectivity index (χ1) is 12.5. The van der Waals surface area contributed by atoms with Gasteiger partial charge in [0.25, 0.3) is 0 Å². The lowest BCUT2D eigenvalue weighted by atomic mass is 9.94. The maximum atomic E-state index is 14.9. The van der Waals surface area contributed by atoms with Crippen LogP contribution >= 0.6 is 0 Å². The van der Waals surface area contributed by atoms with Gasteiger partial charge >= 0.3 is 0 Å². The lowest BCUT2D eigenvalue weighted by Gasteiger charge is -2.14. The summed E-state index contributed by atoms with van der Waals surface area (Å²) in [6, 6.07) is 8.36. The van der Waals surface area contributed by atoms with Crippen LogP contribution in [-0.2, 0) is 4.79 Å². The van der Waals surface area contributed by atoms with E-state index in [4.69, 9.17) is 11.2 Å². The van der Waals surface area contributed by atoms with E-state index in [2.05, 4.69) is 5.92 Å². The summed E-state index contributed by atoms with van der Waals surface area (Å²) in [5.41, 5.74) is 0.885. The first-order valence-electron chi connectivity index (χ1n) is 8.00. The number of aliphatic hydroxyl groups excluding tert-OH is 1. The van der Waals surface area contributed by atoms with Gasteiger partial charge in [-0.3, -0.25) is 4.79 Å². The molecule has 0 bridgehead atoms. The normalized spacial score (nSPS) is 16.7. The highest BCUT2D eigenvalue weighted by molar-refractivity contribution is 6.25. The standard InChI is InChI=1S/C21H16F2O3/c1-3-4-13-10-17(24)20(21(13)25)19-16(23)9-14(11-18(19)26-2)12-5-7-15(22)8-6-12/h1,5-9,11,13,24H,4,10H2,2H3. The van der Waals surface area contributed by atoms with Crippen molar-refractivity contribution >= 4 is 11.4 Å². The predicted octanol–water partition coefficient (Wildman–Crippen LogP) is 4.52. The molecule has 1 aliphatic carbocycles. The van der Waals surface area contributed by atoms with Crippen molar-refractivity contribution in [2.24, 2.45) is 5.92 Å². The predicted molar refractivity (Wildman–Crippen MR) is 94.5 cm³/mol. The average molecular weight is 354 g/mol. The van der Waals surface area contributed by atoms with Crippen LogP contribution in [0.2, 0.25) is 0 Å². The number of hydrogen-bond acceptors (Lipinski definition) is 3. The molecular weight excluding hydrogens is 338 g/mol. The van der Waals surface area contributed by atoms with Crippen LogP contribution in [0.15, 0.2) is 42.2 Å². The summed E-state index contributed by atoms with van der Waals surface area (Å²) >= 11 is 0. The smallest absolute Gasteiger partial charge is 0.171 e. The highest BCUT2D eigenvalue weighted by atomic mass is 19.1. The summed E-state index contributed by atoms with van der Waals surface area (Å²) in [6.45, 7) is 0. The van der Waals surface area contributed by atoms with Gasteiger partial charge < -0.3 is 9.84 Å². The minimum absolute atomic E-state index is 0.0830. The molecule has 3 nitrogen and oxygen atoms in total. The molecule has 0 heterocycles. The number of terminal acetylenes is 1. The van der Waals surface area contributed by atoms with Crippen LogP contribution in [0, 0.1) is 29.9 Å². The largest absolute Gasteiger partial charge is 0.512 e. The van der Waals surface area contributed by atoms with E-state index >= 15 is 0 Å². The number of methoxy groups -OCH3 is 1. The van der Waals surface area contributed by atoms with Crippen LogP contribution < -0.4 is 4.74 Å². The number of carbonyl (C=O) groups is 1. The van der Waals surface area contributed by atoms with E-state index in [1.54, 1.807) is 6.07 Å².